The minimum absolute atomic E-state index is 0.123. The summed E-state index contributed by atoms with van der Waals surface area (Å²) in [5, 5.41) is 2.46. The molecule has 1 rings (SSSR count). The van der Waals surface area contributed by atoms with Crippen molar-refractivity contribution in [2.24, 2.45) is 0 Å². The van der Waals surface area contributed by atoms with Crippen molar-refractivity contribution in [1.82, 2.24) is 10.2 Å². The second-order valence-electron chi connectivity index (χ2n) is 3.45. The Hall–Kier alpha value is -1.98. The number of carbonyl (C=O) groups excluding carboxylic acids is 2. The van der Waals surface area contributed by atoms with Crippen molar-refractivity contribution in [1.29, 1.82) is 0 Å². The van der Waals surface area contributed by atoms with Crippen LogP contribution in [-0.4, -0.2) is 37.1 Å². The van der Waals surface area contributed by atoms with E-state index in [1.807, 2.05) is 0 Å². The molecule has 0 radical (unpaired) electrons. The fourth-order valence-corrected chi connectivity index (χ4v) is 1.22. The van der Waals surface area contributed by atoms with Crippen LogP contribution in [0.15, 0.2) is 23.0 Å². The molecule has 0 aliphatic rings. The van der Waals surface area contributed by atoms with Gasteiger partial charge in [0.05, 0.1) is 25.7 Å². The van der Waals surface area contributed by atoms with Crippen LogP contribution in [0.25, 0.3) is 0 Å². The zero-order valence-electron chi connectivity index (χ0n) is 9.93. The number of ether oxygens (including phenoxy) is 1. The first-order valence-corrected chi connectivity index (χ1v) is 5.29. The fourth-order valence-electron chi connectivity index (χ4n) is 1.22. The number of rotatable bonds is 5. The van der Waals surface area contributed by atoms with E-state index in [1.54, 1.807) is 32.6 Å². The summed E-state index contributed by atoms with van der Waals surface area (Å²) in [5.41, 5.74) is 0.888. The summed E-state index contributed by atoms with van der Waals surface area (Å²) in [6.45, 7) is 2.32. The van der Waals surface area contributed by atoms with Gasteiger partial charge in [-0.25, -0.2) is 4.79 Å². The van der Waals surface area contributed by atoms with Crippen molar-refractivity contribution in [3.05, 3.63) is 24.2 Å². The quantitative estimate of drug-likeness (QED) is 0.779. The molecular weight excluding hydrogens is 224 g/mol. The van der Waals surface area contributed by atoms with E-state index in [1.165, 1.54) is 4.90 Å². The highest BCUT2D eigenvalue weighted by Gasteiger charge is 2.11. The molecule has 1 aromatic heterocycles. The molecule has 1 aromatic rings. The minimum Gasteiger partial charge on any atom is -0.472 e. The minimum atomic E-state index is -0.447. The molecule has 94 valence electrons. The van der Waals surface area contributed by atoms with E-state index in [4.69, 9.17) is 9.15 Å². The second kappa shape index (κ2) is 6.57. The van der Waals surface area contributed by atoms with Gasteiger partial charge in [0.15, 0.2) is 0 Å². The Labute approximate surface area is 99.5 Å². The number of carbonyl (C=O) groups is 2. The molecular formula is C11H16N2O4. The van der Waals surface area contributed by atoms with Crippen molar-refractivity contribution < 1.29 is 18.7 Å². The van der Waals surface area contributed by atoms with Gasteiger partial charge in [-0.15, -0.1) is 0 Å². The Morgan fingerprint density at radius 2 is 2.29 bits per heavy atom. The lowest BCUT2D eigenvalue weighted by atomic mass is 10.3. The molecule has 0 bridgehead atoms. The molecule has 0 unspecified atom stereocenters. The average molecular weight is 240 g/mol. The van der Waals surface area contributed by atoms with Crippen molar-refractivity contribution in [2.75, 3.05) is 20.2 Å². The highest BCUT2D eigenvalue weighted by molar-refractivity contribution is 5.80. The monoisotopic (exact) mass is 240 g/mol. The molecule has 17 heavy (non-hydrogen) atoms. The summed E-state index contributed by atoms with van der Waals surface area (Å²) in [7, 11) is 1.63. The first-order chi connectivity index (χ1) is 8.13. The molecule has 1 heterocycles. The molecule has 0 saturated carbocycles. The Morgan fingerprint density at radius 1 is 1.53 bits per heavy atom. The maximum absolute atomic E-state index is 11.6. The van der Waals surface area contributed by atoms with Gasteiger partial charge in [0.1, 0.15) is 6.54 Å². The van der Waals surface area contributed by atoms with Crippen LogP contribution in [0.2, 0.25) is 0 Å². The average Bonchev–Trinajstić information content (AvgIpc) is 2.79. The number of nitrogens with one attached hydrogen (secondary N) is 1. The van der Waals surface area contributed by atoms with Gasteiger partial charge in [0.25, 0.3) is 0 Å². The third kappa shape index (κ3) is 4.58. The predicted octanol–water partition coefficient (Wildman–Crippen LogP) is 0.984. The van der Waals surface area contributed by atoms with E-state index >= 15 is 0 Å². The maximum Gasteiger partial charge on any atom is 0.325 e. The van der Waals surface area contributed by atoms with Crippen LogP contribution in [0.4, 0.5) is 4.79 Å². The molecule has 6 nitrogen and oxygen atoms in total. The number of hydrogen-bond acceptors (Lipinski definition) is 4. The van der Waals surface area contributed by atoms with Crippen LogP contribution in [0, 0.1) is 0 Å². The van der Waals surface area contributed by atoms with Crippen LogP contribution in [-0.2, 0) is 16.1 Å². The van der Waals surface area contributed by atoms with Crippen LogP contribution in [0.1, 0.15) is 12.5 Å². The van der Waals surface area contributed by atoms with Crippen LogP contribution in [0.3, 0.4) is 0 Å². The van der Waals surface area contributed by atoms with E-state index in [9.17, 15) is 9.59 Å². The second-order valence-corrected chi connectivity index (χ2v) is 3.45. The Morgan fingerprint density at radius 3 is 2.88 bits per heavy atom. The summed E-state index contributed by atoms with van der Waals surface area (Å²) in [4.78, 5) is 24.0. The number of amides is 2. The summed E-state index contributed by atoms with van der Waals surface area (Å²) in [5.74, 6) is -0.447. The lowest BCUT2D eigenvalue weighted by Gasteiger charge is -2.16. The molecule has 0 fully saturated rings. The van der Waals surface area contributed by atoms with Gasteiger partial charge < -0.3 is 19.4 Å². The number of esters is 1. The molecule has 0 atom stereocenters. The van der Waals surface area contributed by atoms with Gasteiger partial charge >= 0.3 is 12.0 Å². The Balaban J connectivity index is 2.29. The smallest absolute Gasteiger partial charge is 0.325 e. The molecule has 0 aliphatic carbocycles. The zero-order chi connectivity index (χ0) is 12.7. The molecule has 0 aromatic carbocycles. The standard InChI is InChI=1S/C11H16N2O4/c1-3-17-10(14)6-12-11(15)13(2)7-9-4-5-16-8-9/h4-5,8H,3,6-7H2,1-2H3,(H,12,15). The number of urea groups is 1. The normalized spacial score (nSPS) is 9.76. The third-order valence-electron chi connectivity index (χ3n) is 2.04. The van der Waals surface area contributed by atoms with Crippen molar-refractivity contribution in [3.8, 4) is 0 Å². The Kier molecular flexibility index (Phi) is 5.06. The van der Waals surface area contributed by atoms with Gasteiger partial charge in [-0.05, 0) is 13.0 Å². The largest absolute Gasteiger partial charge is 0.472 e. The number of nitrogens with zero attached hydrogens (tertiary/aromatic N) is 1. The topological polar surface area (TPSA) is 71.8 Å². The van der Waals surface area contributed by atoms with E-state index in [0.29, 0.717) is 13.2 Å². The summed E-state index contributed by atoms with van der Waals surface area (Å²) >= 11 is 0. The van der Waals surface area contributed by atoms with Crippen LogP contribution in [0.5, 0.6) is 0 Å². The van der Waals surface area contributed by atoms with Gasteiger partial charge in [0, 0.05) is 12.6 Å². The van der Waals surface area contributed by atoms with E-state index in [-0.39, 0.29) is 12.6 Å². The van der Waals surface area contributed by atoms with Gasteiger partial charge in [-0.1, -0.05) is 0 Å². The molecule has 6 heteroatoms. The maximum atomic E-state index is 11.6. The van der Waals surface area contributed by atoms with Crippen molar-refractivity contribution in [3.63, 3.8) is 0 Å². The van der Waals surface area contributed by atoms with E-state index in [2.05, 4.69) is 5.32 Å². The first-order valence-electron chi connectivity index (χ1n) is 5.29. The molecule has 2 amide bonds. The SMILES string of the molecule is CCOC(=O)CNC(=O)N(C)Cc1ccoc1. The van der Waals surface area contributed by atoms with Crippen molar-refractivity contribution in [2.45, 2.75) is 13.5 Å². The summed E-state index contributed by atoms with van der Waals surface area (Å²) < 4.78 is 9.58. The molecule has 1 N–H and O–H groups in total. The van der Waals surface area contributed by atoms with Crippen LogP contribution >= 0.6 is 0 Å². The fraction of sp³-hybridized carbons (Fsp3) is 0.455. The lowest BCUT2D eigenvalue weighted by Crippen LogP contribution is -2.39. The lowest BCUT2D eigenvalue weighted by molar-refractivity contribution is -0.141. The summed E-state index contributed by atoms with van der Waals surface area (Å²) in [6, 6.07) is 1.44. The Bertz CT molecular complexity index is 362. The van der Waals surface area contributed by atoms with Gasteiger partial charge in [0.2, 0.25) is 0 Å². The zero-order valence-corrected chi connectivity index (χ0v) is 9.93. The highest BCUT2D eigenvalue weighted by atomic mass is 16.5. The molecule has 0 spiro atoms. The molecule has 0 aliphatic heterocycles. The van der Waals surface area contributed by atoms with E-state index < -0.39 is 5.97 Å². The highest BCUT2D eigenvalue weighted by Crippen LogP contribution is 2.03. The van der Waals surface area contributed by atoms with Gasteiger partial charge in [-0.2, -0.15) is 0 Å². The number of furan rings is 1. The molecule has 0 saturated heterocycles. The third-order valence-corrected chi connectivity index (χ3v) is 2.04. The predicted molar refractivity (Wildman–Crippen MR) is 60.2 cm³/mol. The van der Waals surface area contributed by atoms with Crippen molar-refractivity contribution >= 4 is 12.0 Å². The number of hydrogen-bond donors (Lipinski definition) is 1. The first kappa shape index (κ1) is 13.1. The van der Waals surface area contributed by atoms with Gasteiger partial charge in [-0.3, -0.25) is 4.79 Å². The summed E-state index contributed by atoms with van der Waals surface area (Å²) in [6.07, 6.45) is 3.11. The van der Waals surface area contributed by atoms with Crippen LogP contribution < -0.4 is 5.32 Å². The van der Waals surface area contributed by atoms with E-state index in [0.717, 1.165) is 5.56 Å².